The topological polar surface area (TPSA) is 48.1 Å². The summed E-state index contributed by atoms with van der Waals surface area (Å²) < 4.78 is 18.1. The molecular weight excluding hydrogens is 215 g/mol. The molecule has 0 aliphatic rings. The lowest BCUT2D eigenvalue weighted by atomic mass is 10.3. The van der Waals surface area contributed by atoms with Crippen LogP contribution >= 0.6 is 11.3 Å². The van der Waals surface area contributed by atoms with E-state index in [4.69, 9.17) is 10.5 Å². The van der Waals surface area contributed by atoms with Crippen LogP contribution in [0.5, 0.6) is 5.75 Å². The van der Waals surface area contributed by atoms with Crippen LogP contribution in [0, 0.1) is 5.82 Å². The Balaban J connectivity index is 1.99. The maximum absolute atomic E-state index is 12.8. The summed E-state index contributed by atoms with van der Waals surface area (Å²) in [7, 11) is 0. The highest BCUT2D eigenvalue weighted by Crippen LogP contribution is 2.16. The molecule has 0 saturated carbocycles. The van der Waals surface area contributed by atoms with Crippen molar-refractivity contribution in [2.75, 3.05) is 5.73 Å². The molecule has 0 bridgehead atoms. The first-order valence-electron chi connectivity index (χ1n) is 4.32. The molecule has 3 nitrogen and oxygen atoms in total. The Morgan fingerprint density at radius 3 is 3.00 bits per heavy atom. The minimum atomic E-state index is -0.315. The fraction of sp³-hybridized carbons (Fsp3) is 0.100. The molecule has 1 aromatic carbocycles. The second kappa shape index (κ2) is 4.27. The third kappa shape index (κ3) is 2.66. The monoisotopic (exact) mass is 224 g/mol. The number of hydrogen-bond donors (Lipinski definition) is 1. The van der Waals surface area contributed by atoms with Gasteiger partial charge >= 0.3 is 0 Å². The van der Waals surface area contributed by atoms with Crippen LogP contribution in [-0.2, 0) is 6.61 Å². The van der Waals surface area contributed by atoms with Crippen molar-refractivity contribution in [3.05, 3.63) is 41.2 Å². The number of nitrogen functional groups attached to an aromatic ring is 1. The van der Waals surface area contributed by atoms with E-state index in [0.717, 1.165) is 5.69 Å². The van der Waals surface area contributed by atoms with E-state index in [-0.39, 0.29) is 5.82 Å². The third-order valence-electron chi connectivity index (χ3n) is 1.75. The molecule has 2 N–H and O–H groups in total. The van der Waals surface area contributed by atoms with E-state index in [9.17, 15) is 4.39 Å². The number of benzene rings is 1. The minimum absolute atomic E-state index is 0.303. The van der Waals surface area contributed by atoms with E-state index in [2.05, 4.69) is 4.98 Å². The van der Waals surface area contributed by atoms with Gasteiger partial charge in [-0.2, -0.15) is 0 Å². The molecule has 2 aromatic rings. The van der Waals surface area contributed by atoms with Crippen LogP contribution in [0.15, 0.2) is 29.6 Å². The van der Waals surface area contributed by atoms with Crippen molar-refractivity contribution in [2.45, 2.75) is 6.61 Å². The first-order chi connectivity index (χ1) is 7.24. The molecule has 5 heteroatoms. The number of rotatable bonds is 3. The summed E-state index contributed by atoms with van der Waals surface area (Å²) in [6.07, 6.45) is 0. The normalized spacial score (nSPS) is 10.2. The highest BCUT2D eigenvalue weighted by molar-refractivity contribution is 7.13. The van der Waals surface area contributed by atoms with Crippen LogP contribution in [-0.4, -0.2) is 4.98 Å². The van der Waals surface area contributed by atoms with Crippen molar-refractivity contribution in [3.63, 3.8) is 0 Å². The number of aromatic nitrogens is 1. The Bertz CT molecular complexity index is 458. The number of halogens is 1. The average Bonchev–Trinajstić information content (AvgIpc) is 2.62. The molecular formula is C10H9FN2OS. The first kappa shape index (κ1) is 9.92. The standard InChI is InChI=1S/C10H9FN2OS/c11-7-2-1-3-9(4-7)14-5-8-6-15-10(12)13-8/h1-4,6H,5H2,(H2,12,13). The van der Waals surface area contributed by atoms with Gasteiger partial charge in [-0.1, -0.05) is 6.07 Å². The van der Waals surface area contributed by atoms with E-state index < -0.39 is 0 Å². The number of ether oxygens (including phenoxy) is 1. The lowest BCUT2D eigenvalue weighted by molar-refractivity contribution is 0.300. The summed E-state index contributed by atoms with van der Waals surface area (Å²) in [5.41, 5.74) is 6.22. The molecule has 0 amide bonds. The lowest BCUT2D eigenvalue weighted by Crippen LogP contribution is -1.96. The molecule has 1 heterocycles. The summed E-state index contributed by atoms with van der Waals surface area (Å²) in [6.45, 7) is 0.303. The predicted octanol–water partition coefficient (Wildman–Crippen LogP) is 2.44. The second-order valence-electron chi connectivity index (χ2n) is 2.92. The number of nitrogens with two attached hydrogens (primary N) is 1. The Kier molecular flexibility index (Phi) is 2.82. The summed E-state index contributed by atoms with van der Waals surface area (Å²) >= 11 is 1.36. The zero-order valence-corrected chi connectivity index (χ0v) is 8.63. The van der Waals surface area contributed by atoms with Crippen LogP contribution in [0.3, 0.4) is 0 Å². The Hall–Kier alpha value is -1.62. The van der Waals surface area contributed by atoms with Crippen molar-refractivity contribution < 1.29 is 9.13 Å². The number of hydrogen-bond acceptors (Lipinski definition) is 4. The van der Waals surface area contributed by atoms with Crippen LogP contribution in [0.4, 0.5) is 9.52 Å². The minimum Gasteiger partial charge on any atom is -0.487 e. The number of nitrogens with zero attached hydrogens (tertiary/aromatic N) is 1. The summed E-state index contributed by atoms with van der Waals surface area (Å²) in [5, 5.41) is 2.32. The van der Waals surface area contributed by atoms with E-state index in [1.54, 1.807) is 12.1 Å². The molecule has 0 unspecified atom stereocenters. The van der Waals surface area contributed by atoms with Gasteiger partial charge in [0.05, 0.1) is 5.69 Å². The Morgan fingerprint density at radius 1 is 1.47 bits per heavy atom. The van der Waals surface area contributed by atoms with Crippen LogP contribution in [0.1, 0.15) is 5.69 Å². The third-order valence-corrected chi connectivity index (χ3v) is 2.48. The van der Waals surface area contributed by atoms with Crippen molar-refractivity contribution in [3.8, 4) is 5.75 Å². The van der Waals surface area contributed by atoms with Gasteiger partial charge in [0, 0.05) is 11.4 Å². The number of thiazole rings is 1. The molecule has 15 heavy (non-hydrogen) atoms. The molecule has 2 rings (SSSR count). The highest BCUT2D eigenvalue weighted by Gasteiger charge is 2.00. The average molecular weight is 224 g/mol. The van der Waals surface area contributed by atoms with Gasteiger partial charge in [-0.05, 0) is 12.1 Å². The summed E-state index contributed by atoms with van der Waals surface area (Å²) in [4.78, 5) is 4.03. The van der Waals surface area contributed by atoms with Gasteiger partial charge in [-0.15, -0.1) is 11.3 Å². The van der Waals surface area contributed by atoms with Gasteiger partial charge < -0.3 is 10.5 Å². The SMILES string of the molecule is Nc1nc(COc2cccc(F)c2)cs1. The summed E-state index contributed by atoms with van der Waals surface area (Å²) in [6, 6.07) is 5.99. The van der Waals surface area contributed by atoms with Gasteiger partial charge in [-0.25, -0.2) is 9.37 Å². The largest absolute Gasteiger partial charge is 0.487 e. The predicted molar refractivity (Wildman–Crippen MR) is 57.3 cm³/mol. The molecule has 0 fully saturated rings. The summed E-state index contributed by atoms with van der Waals surface area (Å²) in [5.74, 6) is 0.173. The number of anilines is 1. The van der Waals surface area contributed by atoms with Crippen LogP contribution in [0.25, 0.3) is 0 Å². The van der Waals surface area contributed by atoms with Gasteiger partial charge in [0.2, 0.25) is 0 Å². The molecule has 1 aromatic heterocycles. The van der Waals surface area contributed by atoms with Crippen molar-refractivity contribution >= 4 is 16.5 Å². The van der Waals surface area contributed by atoms with Crippen LogP contribution in [0.2, 0.25) is 0 Å². The first-order valence-corrected chi connectivity index (χ1v) is 5.20. The maximum atomic E-state index is 12.8. The molecule has 0 aliphatic heterocycles. The maximum Gasteiger partial charge on any atom is 0.180 e. The fourth-order valence-corrected chi connectivity index (χ4v) is 1.65. The van der Waals surface area contributed by atoms with E-state index >= 15 is 0 Å². The molecule has 0 aliphatic carbocycles. The molecule has 0 spiro atoms. The van der Waals surface area contributed by atoms with Gasteiger partial charge in [0.15, 0.2) is 5.13 Å². The molecule has 0 radical (unpaired) electrons. The van der Waals surface area contributed by atoms with Gasteiger partial charge in [0.1, 0.15) is 18.2 Å². The lowest BCUT2D eigenvalue weighted by Gasteiger charge is -2.03. The smallest absolute Gasteiger partial charge is 0.180 e. The Labute approximate surface area is 90.3 Å². The van der Waals surface area contributed by atoms with E-state index in [1.165, 1.54) is 23.5 Å². The van der Waals surface area contributed by atoms with Crippen molar-refractivity contribution in [2.24, 2.45) is 0 Å². The molecule has 0 saturated heterocycles. The van der Waals surface area contributed by atoms with Crippen molar-refractivity contribution in [1.82, 2.24) is 4.98 Å². The zero-order valence-electron chi connectivity index (χ0n) is 7.81. The Morgan fingerprint density at radius 2 is 2.33 bits per heavy atom. The van der Waals surface area contributed by atoms with Crippen LogP contribution < -0.4 is 10.5 Å². The highest BCUT2D eigenvalue weighted by atomic mass is 32.1. The second-order valence-corrected chi connectivity index (χ2v) is 3.81. The molecule has 78 valence electrons. The molecule has 0 atom stereocenters. The fourth-order valence-electron chi connectivity index (χ4n) is 1.10. The van der Waals surface area contributed by atoms with E-state index in [0.29, 0.717) is 17.5 Å². The quantitative estimate of drug-likeness (QED) is 0.871. The van der Waals surface area contributed by atoms with Gasteiger partial charge in [-0.3, -0.25) is 0 Å². The zero-order chi connectivity index (χ0) is 10.7. The van der Waals surface area contributed by atoms with E-state index in [1.807, 2.05) is 5.38 Å². The van der Waals surface area contributed by atoms with Gasteiger partial charge in [0.25, 0.3) is 0 Å². The van der Waals surface area contributed by atoms with Crippen molar-refractivity contribution in [1.29, 1.82) is 0 Å².